The molecule has 0 bridgehead atoms. The van der Waals surface area contributed by atoms with E-state index in [4.69, 9.17) is 5.73 Å². The van der Waals surface area contributed by atoms with Crippen LogP contribution in [0.4, 0.5) is 0 Å². The molecule has 3 heteroatoms. The molecule has 0 aliphatic rings. The zero-order valence-electron chi connectivity index (χ0n) is 13.3. The van der Waals surface area contributed by atoms with E-state index >= 15 is 0 Å². The average Bonchev–Trinajstić information content (AvgIpc) is 2.59. The second kappa shape index (κ2) is 7.76. The van der Waals surface area contributed by atoms with Crippen LogP contribution < -0.4 is 11.1 Å². The van der Waals surface area contributed by atoms with Gasteiger partial charge in [0.25, 0.3) is 0 Å². The van der Waals surface area contributed by atoms with Gasteiger partial charge >= 0.3 is 0 Å². The van der Waals surface area contributed by atoms with Gasteiger partial charge < -0.3 is 11.1 Å². The van der Waals surface area contributed by atoms with Crippen LogP contribution in [0.15, 0.2) is 54.6 Å². The molecule has 0 radical (unpaired) electrons. The first-order valence-corrected chi connectivity index (χ1v) is 7.79. The van der Waals surface area contributed by atoms with E-state index in [-0.39, 0.29) is 11.8 Å². The predicted molar refractivity (Wildman–Crippen MR) is 91.2 cm³/mol. The predicted octanol–water partition coefficient (Wildman–Crippen LogP) is 3.34. The Morgan fingerprint density at radius 2 is 1.64 bits per heavy atom. The molecule has 0 aliphatic heterocycles. The lowest BCUT2D eigenvalue weighted by Crippen LogP contribution is -2.44. The fraction of sp³-hybridized carbons (Fsp3) is 0.316. The lowest BCUT2D eigenvalue weighted by molar-refractivity contribution is -0.123. The van der Waals surface area contributed by atoms with Crippen LogP contribution in [0.2, 0.25) is 0 Å². The largest absolute Gasteiger partial charge is 0.351 e. The van der Waals surface area contributed by atoms with Crippen LogP contribution in [0.1, 0.15) is 25.8 Å². The van der Waals surface area contributed by atoms with Crippen LogP contribution in [0.25, 0.3) is 11.1 Å². The highest BCUT2D eigenvalue weighted by Crippen LogP contribution is 2.19. The van der Waals surface area contributed by atoms with Gasteiger partial charge in [0.05, 0.1) is 6.04 Å². The van der Waals surface area contributed by atoms with Gasteiger partial charge in [0.2, 0.25) is 5.91 Å². The molecule has 0 aromatic heterocycles. The van der Waals surface area contributed by atoms with E-state index in [0.29, 0.717) is 6.54 Å². The molecule has 22 heavy (non-hydrogen) atoms. The van der Waals surface area contributed by atoms with E-state index in [1.807, 2.05) is 44.2 Å². The van der Waals surface area contributed by atoms with Gasteiger partial charge in [0.15, 0.2) is 0 Å². The molecule has 3 nitrogen and oxygen atoms in total. The molecule has 0 fully saturated rings. The Balaban J connectivity index is 1.93. The average molecular weight is 296 g/mol. The summed E-state index contributed by atoms with van der Waals surface area (Å²) in [6.45, 7) is 4.55. The van der Waals surface area contributed by atoms with Crippen LogP contribution >= 0.6 is 0 Å². The summed E-state index contributed by atoms with van der Waals surface area (Å²) >= 11 is 0. The van der Waals surface area contributed by atoms with Crippen molar-refractivity contribution < 1.29 is 4.79 Å². The van der Waals surface area contributed by atoms with Crippen molar-refractivity contribution >= 4 is 5.91 Å². The summed E-state index contributed by atoms with van der Waals surface area (Å²) in [5.74, 6) is 0.113. The van der Waals surface area contributed by atoms with Crippen molar-refractivity contribution in [3.63, 3.8) is 0 Å². The second-order valence-electron chi connectivity index (χ2n) is 5.69. The maximum Gasteiger partial charge on any atom is 0.237 e. The van der Waals surface area contributed by atoms with E-state index in [9.17, 15) is 4.79 Å². The van der Waals surface area contributed by atoms with E-state index in [1.165, 1.54) is 11.1 Å². The summed E-state index contributed by atoms with van der Waals surface area (Å²) in [7, 11) is 0. The number of hydrogen-bond acceptors (Lipinski definition) is 2. The molecule has 2 atom stereocenters. The number of rotatable bonds is 6. The Morgan fingerprint density at radius 3 is 2.23 bits per heavy atom. The highest BCUT2D eigenvalue weighted by atomic mass is 16.2. The van der Waals surface area contributed by atoms with Gasteiger partial charge in [0, 0.05) is 6.54 Å². The molecule has 2 aromatic carbocycles. The van der Waals surface area contributed by atoms with E-state index < -0.39 is 6.04 Å². The first-order chi connectivity index (χ1) is 10.6. The van der Waals surface area contributed by atoms with E-state index in [1.54, 1.807) is 0 Å². The minimum absolute atomic E-state index is 0.0820. The number of carbonyl (C=O) groups excluding carboxylic acids is 1. The van der Waals surface area contributed by atoms with Crippen molar-refractivity contribution in [3.8, 4) is 11.1 Å². The summed E-state index contributed by atoms with van der Waals surface area (Å²) < 4.78 is 0. The van der Waals surface area contributed by atoms with Gasteiger partial charge in [-0.05, 0) is 22.6 Å². The van der Waals surface area contributed by atoms with Crippen LogP contribution in [-0.2, 0) is 11.3 Å². The Labute approximate surface area is 132 Å². The highest BCUT2D eigenvalue weighted by Gasteiger charge is 2.18. The molecule has 0 heterocycles. The van der Waals surface area contributed by atoms with Crippen molar-refractivity contribution in [2.45, 2.75) is 32.9 Å². The van der Waals surface area contributed by atoms with Crippen LogP contribution in [0.5, 0.6) is 0 Å². The van der Waals surface area contributed by atoms with Crippen LogP contribution in [-0.4, -0.2) is 11.9 Å². The van der Waals surface area contributed by atoms with Gasteiger partial charge in [-0.3, -0.25) is 4.79 Å². The summed E-state index contributed by atoms with van der Waals surface area (Å²) in [6, 6.07) is 18.0. The third-order valence-corrected chi connectivity index (χ3v) is 4.09. The molecule has 0 aliphatic carbocycles. The molecule has 3 N–H and O–H groups in total. The van der Waals surface area contributed by atoms with Crippen molar-refractivity contribution in [2.75, 3.05) is 0 Å². The van der Waals surface area contributed by atoms with Crippen LogP contribution in [0.3, 0.4) is 0 Å². The molecule has 0 saturated heterocycles. The number of amides is 1. The summed E-state index contributed by atoms with van der Waals surface area (Å²) in [6.07, 6.45) is 0.903. The summed E-state index contributed by atoms with van der Waals surface area (Å²) in [5, 5.41) is 2.91. The molecule has 2 aromatic rings. The lowest BCUT2D eigenvalue weighted by atomic mass is 9.99. The maximum atomic E-state index is 12.0. The standard InChI is InChI=1S/C19H24N2O/c1-3-14(2)18(20)19(22)21-13-15-9-11-17(12-10-15)16-7-5-4-6-8-16/h4-12,14,18H,3,13,20H2,1-2H3,(H,21,22)/t14?,18-/m0/s1. The zero-order valence-corrected chi connectivity index (χ0v) is 13.3. The van der Waals surface area contributed by atoms with Crippen molar-refractivity contribution in [1.82, 2.24) is 5.32 Å². The lowest BCUT2D eigenvalue weighted by Gasteiger charge is -2.17. The Morgan fingerprint density at radius 1 is 1.05 bits per heavy atom. The fourth-order valence-corrected chi connectivity index (χ4v) is 2.27. The topological polar surface area (TPSA) is 55.1 Å². The van der Waals surface area contributed by atoms with Gasteiger partial charge in [0.1, 0.15) is 0 Å². The molecule has 1 amide bonds. The Hall–Kier alpha value is -2.13. The van der Waals surface area contributed by atoms with E-state index in [2.05, 4.69) is 29.6 Å². The highest BCUT2D eigenvalue weighted by molar-refractivity contribution is 5.81. The molecule has 116 valence electrons. The number of carbonyl (C=O) groups is 1. The first-order valence-electron chi connectivity index (χ1n) is 7.79. The third-order valence-electron chi connectivity index (χ3n) is 4.09. The van der Waals surface area contributed by atoms with Gasteiger partial charge in [-0.1, -0.05) is 74.9 Å². The van der Waals surface area contributed by atoms with Crippen molar-refractivity contribution in [2.24, 2.45) is 11.7 Å². The molecule has 0 saturated carbocycles. The van der Waals surface area contributed by atoms with Gasteiger partial charge in [-0.15, -0.1) is 0 Å². The summed E-state index contributed by atoms with van der Waals surface area (Å²) in [4.78, 5) is 12.0. The van der Waals surface area contributed by atoms with Gasteiger partial charge in [-0.2, -0.15) is 0 Å². The third kappa shape index (κ3) is 4.18. The van der Waals surface area contributed by atoms with Crippen molar-refractivity contribution in [3.05, 3.63) is 60.2 Å². The molecule has 0 spiro atoms. The number of hydrogen-bond donors (Lipinski definition) is 2. The number of nitrogens with two attached hydrogens (primary N) is 1. The number of nitrogens with one attached hydrogen (secondary N) is 1. The SMILES string of the molecule is CCC(C)[C@H](N)C(=O)NCc1ccc(-c2ccccc2)cc1. The molecule has 2 rings (SSSR count). The Bertz CT molecular complexity index is 593. The van der Waals surface area contributed by atoms with E-state index in [0.717, 1.165) is 12.0 Å². The fourth-order valence-electron chi connectivity index (χ4n) is 2.27. The quantitative estimate of drug-likeness (QED) is 0.859. The van der Waals surface area contributed by atoms with Crippen molar-refractivity contribution in [1.29, 1.82) is 0 Å². The smallest absolute Gasteiger partial charge is 0.237 e. The van der Waals surface area contributed by atoms with Gasteiger partial charge in [-0.25, -0.2) is 0 Å². The minimum atomic E-state index is -0.436. The Kier molecular flexibility index (Phi) is 5.73. The summed E-state index contributed by atoms with van der Waals surface area (Å²) in [5.41, 5.74) is 9.36. The minimum Gasteiger partial charge on any atom is -0.351 e. The van der Waals surface area contributed by atoms with Crippen LogP contribution in [0, 0.1) is 5.92 Å². The molecular weight excluding hydrogens is 272 g/mol. The second-order valence-corrected chi connectivity index (χ2v) is 5.69. The molecule has 1 unspecified atom stereocenters. The zero-order chi connectivity index (χ0) is 15.9. The normalized spacial score (nSPS) is 13.4. The monoisotopic (exact) mass is 296 g/mol. The molecular formula is C19H24N2O. The first kappa shape index (κ1) is 16.2. The maximum absolute atomic E-state index is 12.0. The number of benzene rings is 2.